The predicted molar refractivity (Wildman–Crippen MR) is 115 cm³/mol. The van der Waals surface area contributed by atoms with Crippen LogP contribution in [0.3, 0.4) is 0 Å². The van der Waals surface area contributed by atoms with Crippen molar-refractivity contribution >= 4 is 23.4 Å². The summed E-state index contributed by atoms with van der Waals surface area (Å²) in [6, 6.07) is 3.73. The highest BCUT2D eigenvalue weighted by molar-refractivity contribution is 8.01. The van der Waals surface area contributed by atoms with Crippen LogP contribution in [-0.2, 0) is 11.3 Å². The highest BCUT2D eigenvalue weighted by Gasteiger charge is 2.54. The third-order valence-electron chi connectivity index (χ3n) is 5.93. The molecule has 1 aromatic rings. The van der Waals surface area contributed by atoms with Crippen LogP contribution in [0.25, 0.3) is 0 Å². The van der Waals surface area contributed by atoms with Crippen LogP contribution in [0.5, 0.6) is 17.2 Å². The van der Waals surface area contributed by atoms with Crippen molar-refractivity contribution in [2.45, 2.75) is 24.1 Å². The molecule has 29 heavy (non-hydrogen) atoms. The van der Waals surface area contributed by atoms with Crippen molar-refractivity contribution in [2.24, 2.45) is 16.8 Å². The van der Waals surface area contributed by atoms with E-state index in [0.29, 0.717) is 23.8 Å². The van der Waals surface area contributed by atoms with Crippen molar-refractivity contribution in [3.8, 4) is 17.2 Å². The number of nitrogens with one attached hydrogen (secondary N) is 1. The minimum atomic E-state index is -0.0599. The van der Waals surface area contributed by atoms with Gasteiger partial charge in [-0.2, -0.15) is 0 Å². The molecule has 0 saturated carbocycles. The number of thioether (sulfide) groups is 1. The van der Waals surface area contributed by atoms with E-state index in [4.69, 9.17) is 14.2 Å². The van der Waals surface area contributed by atoms with Gasteiger partial charge < -0.3 is 19.5 Å². The average Bonchev–Trinajstić information content (AvgIpc) is 3.14. The molecule has 154 valence electrons. The van der Waals surface area contributed by atoms with Crippen LogP contribution in [0.1, 0.15) is 18.4 Å². The van der Waals surface area contributed by atoms with E-state index in [9.17, 15) is 4.79 Å². The van der Waals surface area contributed by atoms with E-state index in [2.05, 4.69) is 28.5 Å². The second-order valence-corrected chi connectivity index (χ2v) is 8.73. The zero-order valence-corrected chi connectivity index (χ0v) is 17.8. The third kappa shape index (κ3) is 3.41. The van der Waals surface area contributed by atoms with Gasteiger partial charge in [-0.05, 0) is 24.1 Å². The van der Waals surface area contributed by atoms with Gasteiger partial charge in [0.2, 0.25) is 11.7 Å². The van der Waals surface area contributed by atoms with Crippen molar-refractivity contribution in [3.63, 3.8) is 0 Å². The number of benzene rings is 1. The van der Waals surface area contributed by atoms with Gasteiger partial charge in [0.1, 0.15) is 0 Å². The lowest BCUT2D eigenvalue weighted by Gasteiger charge is -2.38. The molecule has 1 aromatic carbocycles. The molecule has 1 saturated heterocycles. The molecule has 1 N–H and O–H groups in total. The predicted octanol–water partition coefficient (Wildman–Crippen LogP) is 3.36. The molecule has 7 heteroatoms. The molecule has 0 radical (unpaired) electrons. The Balaban J connectivity index is 1.48. The van der Waals surface area contributed by atoms with Crippen molar-refractivity contribution < 1.29 is 19.0 Å². The van der Waals surface area contributed by atoms with Crippen molar-refractivity contribution in [1.29, 1.82) is 0 Å². The first kappa shape index (κ1) is 19.9. The number of methoxy groups -OCH3 is 3. The molecule has 3 atom stereocenters. The number of allylic oxidation sites excluding steroid dienone is 3. The van der Waals surface area contributed by atoms with Gasteiger partial charge >= 0.3 is 0 Å². The Morgan fingerprint density at radius 1 is 1.21 bits per heavy atom. The second-order valence-electron chi connectivity index (χ2n) is 7.38. The molecule has 1 amide bonds. The molecule has 3 aliphatic rings. The first-order valence-corrected chi connectivity index (χ1v) is 10.7. The molecular weight excluding hydrogens is 388 g/mol. The maximum atomic E-state index is 13.1. The molecule has 4 rings (SSSR count). The SMILES string of the molecule is COc1cc(CNC(=O)C2CSC34CC=CCC3=NC=CC24)cc(OC)c1OC. The number of aliphatic imine (C=N–C) groups is 1. The minimum Gasteiger partial charge on any atom is -0.493 e. The van der Waals surface area contributed by atoms with Crippen molar-refractivity contribution in [3.05, 3.63) is 42.1 Å². The monoisotopic (exact) mass is 414 g/mol. The summed E-state index contributed by atoms with van der Waals surface area (Å²) in [7, 11) is 4.75. The van der Waals surface area contributed by atoms with E-state index in [1.165, 1.54) is 5.71 Å². The molecule has 1 aliphatic carbocycles. The van der Waals surface area contributed by atoms with Gasteiger partial charge in [-0.1, -0.05) is 18.2 Å². The summed E-state index contributed by atoms with van der Waals surface area (Å²) in [5.74, 6) is 2.72. The molecule has 3 unspecified atom stereocenters. The number of carbonyl (C=O) groups excluding carboxylic acids is 1. The fourth-order valence-electron chi connectivity index (χ4n) is 4.45. The Bertz CT molecular complexity index is 870. The topological polar surface area (TPSA) is 69.2 Å². The fraction of sp³-hybridized carbons (Fsp3) is 0.455. The van der Waals surface area contributed by atoms with Gasteiger partial charge in [0, 0.05) is 36.5 Å². The van der Waals surface area contributed by atoms with Crippen LogP contribution < -0.4 is 19.5 Å². The number of nitrogens with zero attached hydrogens (tertiary/aromatic N) is 1. The van der Waals surface area contributed by atoms with Crippen LogP contribution >= 0.6 is 11.8 Å². The van der Waals surface area contributed by atoms with Gasteiger partial charge in [-0.3, -0.25) is 9.79 Å². The largest absolute Gasteiger partial charge is 0.493 e. The lowest BCUT2D eigenvalue weighted by Crippen LogP contribution is -2.45. The lowest BCUT2D eigenvalue weighted by atomic mass is 9.73. The number of ether oxygens (including phenoxy) is 3. The van der Waals surface area contributed by atoms with Crippen LogP contribution in [0.2, 0.25) is 0 Å². The maximum Gasteiger partial charge on any atom is 0.224 e. The summed E-state index contributed by atoms with van der Waals surface area (Å²) >= 11 is 1.88. The molecule has 0 aromatic heterocycles. The van der Waals surface area contributed by atoms with Gasteiger partial charge in [-0.25, -0.2) is 0 Å². The van der Waals surface area contributed by atoms with Gasteiger partial charge in [0.05, 0.1) is 32.0 Å². The first-order chi connectivity index (χ1) is 14.1. The zero-order chi connectivity index (χ0) is 20.4. The van der Waals surface area contributed by atoms with E-state index in [-0.39, 0.29) is 22.5 Å². The lowest BCUT2D eigenvalue weighted by molar-refractivity contribution is -0.125. The summed E-state index contributed by atoms with van der Waals surface area (Å²) in [6.45, 7) is 0.404. The maximum absolute atomic E-state index is 13.1. The van der Waals surface area contributed by atoms with Gasteiger partial charge in [0.25, 0.3) is 0 Å². The number of carbonyl (C=O) groups is 1. The smallest absolute Gasteiger partial charge is 0.224 e. The summed E-state index contributed by atoms with van der Waals surface area (Å²) in [5, 5.41) is 3.11. The third-order valence-corrected chi connectivity index (χ3v) is 7.65. The van der Waals surface area contributed by atoms with Crippen molar-refractivity contribution in [2.75, 3.05) is 27.1 Å². The van der Waals surface area contributed by atoms with E-state index in [1.807, 2.05) is 30.1 Å². The second kappa shape index (κ2) is 8.14. The molecule has 1 fully saturated rings. The van der Waals surface area contributed by atoms with E-state index >= 15 is 0 Å². The first-order valence-electron chi connectivity index (χ1n) is 9.72. The Morgan fingerprint density at radius 3 is 2.66 bits per heavy atom. The van der Waals surface area contributed by atoms with Crippen LogP contribution in [0.15, 0.2) is 41.6 Å². The van der Waals surface area contributed by atoms with Crippen molar-refractivity contribution in [1.82, 2.24) is 5.32 Å². The molecular formula is C22H26N2O4S. The van der Waals surface area contributed by atoms with E-state index in [0.717, 1.165) is 24.2 Å². The summed E-state index contributed by atoms with van der Waals surface area (Å²) < 4.78 is 16.1. The minimum absolute atomic E-state index is 0.0436. The van der Waals surface area contributed by atoms with E-state index in [1.54, 1.807) is 21.3 Å². The highest BCUT2D eigenvalue weighted by atomic mass is 32.2. The molecule has 2 heterocycles. The average molecular weight is 415 g/mol. The molecule has 1 spiro atoms. The van der Waals surface area contributed by atoms with Crippen LogP contribution in [0, 0.1) is 11.8 Å². The number of hydrogen-bond donors (Lipinski definition) is 1. The quantitative estimate of drug-likeness (QED) is 0.723. The Labute approximate surface area is 175 Å². The highest BCUT2D eigenvalue weighted by Crippen LogP contribution is 2.53. The van der Waals surface area contributed by atoms with Gasteiger partial charge in [-0.15, -0.1) is 11.8 Å². The number of rotatable bonds is 6. The summed E-state index contributed by atoms with van der Waals surface area (Å²) in [4.78, 5) is 17.7. The molecule has 0 bridgehead atoms. The van der Waals surface area contributed by atoms with E-state index < -0.39 is 0 Å². The van der Waals surface area contributed by atoms with Gasteiger partial charge in [0.15, 0.2) is 11.5 Å². The van der Waals surface area contributed by atoms with Crippen LogP contribution in [-0.4, -0.2) is 43.4 Å². The van der Waals surface area contributed by atoms with Crippen LogP contribution in [0.4, 0.5) is 0 Å². The zero-order valence-electron chi connectivity index (χ0n) is 16.9. The summed E-state index contributed by atoms with van der Waals surface area (Å²) in [5.41, 5.74) is 2.10. The Kier molecular flexibility index (Phi) is 5.58. The normalized spacial score (nSPS) is 26.9. The Morgan fingerprint density at radius 2 is 1.97 bits per heavy atom. The molecule has 6 nitrogen and oxygen atoms in total. The molecule has 2 aliphatic heterocycles. The summed E-state index contributed by atoms with van der Waals surface area (Å²) in [6.07, 6.45) is 10.2. The number of hydrogen-bond acceptors (Lipinski definition) is 6. The Hall–Kier alpha value is -2.41. The fourth-order valence-corrected chi connectivity index (χ4v) is 6.24. The standard InChI is InChI=1S/C22H26N2O4S/c1-26-17-10-14(11-18(27-2)20(17)28-3)12-24-21(25)15-13-29-22-8-5-4-6-19(22)23-9-7-16(15)22/h4-5,7,9-11,15-16H,6,8,12-13H2,1-3H3,(H,24,25). The number of amides is 1.